The Morgan fingerprint density at radius 3 is 2.52 bits per heavy atom. The summed E-state index contributed by atoms with van der Waals surface area (Å²) in [6.07, 6.45) is 1.65. The summed E-state index contributed by atoms with van der Waals surface area (Å²) >= 11 is 1.30. The van der Waals surface area contributed by atoms with Crippen molar-refractivity contribution in [3.05, 3.63) is 77.1 Å². The fourth-order valence-electron chi connectivity index (χ4n) is 3.61. The zero-order chi connectivity index (χ0) is 23.8. The number of anilines is 1. The molecule has 0 aliphatic rings. The summed E-state index contributed by atoms with van der Waals surface area (Å²) < 4.78 is 3.36. The third kappa shape index (κ3) is 4.43. The molecule has 0 bridgehead atoms. The first-order valence-corrected chi connectivity index (χ1v) is 11.6. The van der Waals surface area contributed by atoms with E-state index in [0.29, 0.717) is 28.4 Å². The molecule has 2 heterocycles. The molecular formula is C25H27N5O2S. The van der Waals surface area contributed by atoms with E-state index in [1.807, 2.05) is 53.8 Å². The highest BCUT2D eigenvalue weighted by atomic mass is 32.2. The van der Waals surface area contributed by atoms with Gasteiger partial charge in [-0.3, -0.25) is 18.6 Å². The highest BCUT2D eigenvalue weighted by molar-refractivity contribution is 8.00. The van der Waals surface area contributed by atoms with Crippen LogP contribution in [0.15, 0.2) is 71.1 Å². The summed E-state index contributed by atoms with van der Waals surface area (Å²) in [6.45, 7) is 12.3. The average molecular weight is 462 g/mol. The van der Waals surface area contributed by atoms with Gasteiger partial charge in [-0.15, -0.1) is 16.8 Å². The summed E-state index contributed by atoms with van der Waals surface area (Å²) in [5.41, 5.74) is 2.56. The average Bonchev–Trinajstić information content (AvgIpc) is 3.20. The van der Waals surface area contributed by atoms with Gasteiger partial charge in [0, 0.05) is 12.2 Å². The number of thioether (sulfide) groups is 1. The number of hydrogen-bond donors (Lipinski definition) is 1. The predicted molar refractivity (Wildman–Crippen MR) is 134 cm³/mol. The molecule has 1 unspecified atom stereocenters. The maximum absolute atomic E-state index is 12.9. The van der Waals surface area contributed by atoms with Crippen molar-refractivity contribution in [3.63, 3.8) is 0 Å². The lowest BCUT2D eigenvalue weighted by molar-refractivity contribution is -0.115. The number of benzene rings is 2. The molecule has 0 saturated carbocycles. The van der Waals surface area contributed by atoms with Crippen molar-refractivity contribution < 1.29 is 4.79 Å². The third-order valence-electron chi connectivity index (χ3n) is 5.46. The Labute approximate surface area is 196 Å². The van der Waals surface area contributed by atoms with Gasteiger partial charge in [-0.1, -0.05) is 62.9 Å². The van der Waals surface area contributed by atoms with Crippen LogP contribution in [0.3, 0.4) is 0 Å². The number of amides is 1. The molecule has 4 rings (SSSR count). The van der Waals surface area contributed by atoms with Crippen molar-refractivity contribution in [3.8, 4) is 0 Å². The van der Waals surface area contributed by atoms with Crippen molar-refractivity contribution in [2.45, 2.75) is 50.1 Å². The van der Waals surface area contributed by atoms with Crippen LogP contribution in [0.5, 0.6) is 0 Å². The van der Waals surface area contributed by atoms with Gasteiger partial charge in [0.2, 0.25) is 11.7 Å². The van der Waals surface area contributed by atoms with Crippen LogP contribution in [-0.4, -0.2) is 30.3 Å². The third-order valence-corrected chi connectivity index (χ3v) is 6.50. The van der Waals surface area contributed by atoms with E-state index in [-0.39, 0.29) is 16.9 Å². The highest BCUT2D eigenvalue weighted by Crippen LogP contribution is 2.27. The molecule has 8 heteroatoms. The molecule has 2 aromatic carbocycles. The maximum Gasteiger partial charge on any atom is 0.263 e. The van der Waals surface area contributed by atoms with Crippen molar-refractivity contribution in [1.29, 1.82) is 0 Å². The maximum atomic E-state index is 12.9. The molecule has 1 amide bonds. The van der Waals surface area contributed by atoms with Crippen LogP contribution in [0.4, 0.5) is 5.69 Å². The van der Waals surface area contributed by atoms with Gasteiger partial charge in [-0.05, 0) is 42.2 Å². The highest BCUT2D eigenvalue weighted by Gasteiger charge is 2.22. The molecule has 170 valence electrons. The summed E-state index contributed by atoms with van der Waals surface area (Å²) in [5.74, 6) is 0.287. The SMILES string of the molecule is C=CCn1c(=O)c2ccccc2n2c(SC(C)C(=O)Nc3ccc(C(C)(C)C)cc3)nnc12. The van der Waals surface area contributed by atoms with Gasteiger partial charge in [-0.2, -0.15) is 0 Å². The van der Waals surface area contributed by atoms with E-state index < -0.39 is 5.25 Å². The number of nitrogens with zero attached hydrogens (tertiary/aromatic N) is 4. The number of carbonyl (C=O) groups excluding carboxylic acids is 1. The van der Waals surface area contributed by atoms with Gasteiger partial charge in [0.05, 0.1) is 16.2 Å². The minimum absolute atomic E-state index is 0.0512. The predicted octanol–water partition coefficient (Wildman–Crippen LogP) is 4.65. The zero-order valence-corrected chi connectivity index (χ0v) is 20.0. The normalized spacial score (nSPS) is 12.7. The number of para-hydroxylation sites is 1. The van der Waals surface area contributed by atoms with Gasteiger partial charge in [0.1, 0.15) is 0 Å². The van der Waals surface area contributed by atoms with Crippen LogP contribution in [0.25, 0.3) is 16.7 Å². The van der Waals surface area contributed by atoms with Gasteiger partial charge in [-0.25, -0.2) is 0 Å². The van der Waals surface area contributed by atoms with Crippen LogP contribution in [-0.2, 0) is 16.8 Å². The van der Waals surface area contributed by atoms with E-state index in [4.69, 9.17) is 0 Å². The molecular weight excluding hydrogens is 434 g/mol. The van der Waals surface area contributed by atoms with E-state index in [9.17, 15) is 9.59 Å². The first kappa shape index (κ1) is 22.8. The lowest BCUT2D eigenvalue weighted by atomic mass is 9.87. The Morgan fingerprint density at radius 1 is 1.15 bits per heavy atom. The number of rotatable bonds is 6. The van der Waals surface area contributed by atoms with Crippen molar-refractivity contribution in [2.24, 2.45) is 0 Å². The van der Waals surface area contributed by atoms with Gasteiger partial charge < -0.3 is 5.32 Å². The summed E-state index contributed by atoms with van der Waals surface area (Å²) in [4.78, 5) is 25.8. The van der Waals surface area contributed by atoms with E-state index in [1.165, 1.54) is 21.9 Å². The van der Waals surface area contributed by atoms with E-state index >= 15 is 0 Å². The number of aromatic nitrogens is 4. The molecule has 1 atom stereocenters. The number of nitrogens with one attached hydrogen (secondary N) is 1. The topological polar surface area (TPSA) is 81.3 Å². The summed E-state index contributed by atoms with van der Waals surface area (Å²) in [7, 11) is 0. The molecule has 1 N–H and O–H groups in total. The smallest absolute Gasteiger partial charge is 0.263 e. The van der Waals surface area contributed by atoms with E-state index in [1.54, 1.807) is 12.1 Å². The molecule has 7 nitrogen and oxygen atoms in total. The zero-order valence-electron chi connectivity index (χ0n) is 19.2. The number of carbonyl (C=O) groups is 1. The minimum atomic E-state index is -0.432. The van der Waals surface area contributed by atoms with Gasteiger partial charge in [0.25, 0.3) is 5.56 Å². The van der Waals surface area contributed by atoms with Crippen molar-refractivity contribution in [1.82, 2.24) is 19.2 Å². The Hall–Kier alpha value is -3.39. The molecule has 0 aliphatic heterocycles. The first-order valence-electron chi connectivity index (χ1n) is 10.8. The molecule has 0 saturated heterocycles. The monoisotopic (exact) mass is 461 g/mol. The second-order valence-corrected chi connectivity index (χ2v) is 10.2. The fraction of sp³-hybridized carbons (Fsp3) is 0.280. The Morgan fingerprint density at radius 2 is 1.85 bits per heavy atom. The number of hydrogen-bond acceptors (Lipinski definition) is 5. The second-order valence-electron chi connectivity index (χ2n) is 8.92. The Kier molecular flexibility index (Phi) is 6.12. The Balaban J connectivity index is 1.63. The fourth-order valence-corrected chi connectivity index (χ4v) is 4.47. The standard InChI is InChI=1S/C25H27N5O2S/c1-6-15-29-22(32)19-9-7-8-10-20(19)30-23(29)27-28-24(30)33-16(2)21(31)26-18-13-11-17(12-14-18)25(3,4)5/h6-14,16H,1,15H2,2-5H3,(H,26,31). The van der Waals surface area contributed by atoms with Gasteiger partial charge in [0.15, 0.2) is 5.16 Å². The van der Waals surface area contributed by atoms with Crippen LogP contribution >= 0.6 is 11.8 Å². The molecule has 2 aromatic heterocycles. The van der Waals surface area contributed by atoms with E-state index in [2.05, 4.69) is 42.9 Å². The molecule has 0 radical (unpaired) electrons. The lowest BCUT2D eigenvalue weighted by Gasteiger charge is -2.19. The molecule has 0 aliphatic carbocycles. The first-order chi connectivity index (χ1) is 15.7. The summed E-state index contributed by atoms with van der Waals surface area (Å²) in [5, 5.41) is 12.2. The Bertz CT molecular complexity index is 1400. The molecule has 0 spiro atoms. The van der Waals surface area contributed by atoms with E-state index in [0.717, 1.165) is 5.69 Å². The lowest BCUT2D eigenvalue weighted by Crippen LogP contribution is -2.24. The van der Waals surface area contributed by atoms with Crippen LogP contribution in [0, 0.1) is 0 Å². The van der Waals surface area contributed by atoms with Crippen molar-refractivity contribution >= 4 is 40.0 Å². The van der Waals surface area contributed by atoms with Crippen LogP contribution < -0.4 is 10.9 Å². The van der Waals surface area contributed by atoms with Crippen molar-refractivity contribution in [2.75, 3.05) is 5.32 Å². The minimum Gasteiger partial charge on any atom is -0.325 e. The van der Waals surface area contributed by atoms with Crippen LogP contribution in [0.2, 0.25) is 0 Å². The number of fused-ring (bicyclic) bond motifs is 3. The van der Waals surface area contributed by atoms with Crippen LogP contribution in [0.1, 0.15) is 33.3 Å². The van der Waals surface area contributed by atoms with Gasteiger partial charge >= 0.3 is 0 Å². The molecule has 4 aromatic rings. The number of allylic oxidation sites excluding steroid dienone is 1. The largest absolute Gasteiger partial charge is 0.325 e. The molecule has 33 heavy (non-hydrogen) atoms. The quantitative estimate of drug-likeness (QED) is 0.334. The molecule has 0 fully saturated rings. The second kappa shape index (κ2) is 8.86. The summed E-state index contributed by atoms with van der Waals surface area (Å²) in [6, 6.07) is 15.2.